The van der Waals surface area contributed by atoms with Gasteiger partial charge in [-0.1, -0.05) is 55.1 Å². The van der Waals surface area contributed by atoms with Gasteiger partial charge in [0.05, 0.1) is 16.5 Å². The van der Waals surface area contributed by atoms with Gasteiger partial charge in [-0.3, -0.25) is 0 Å². The molecule has 33 heavy (non-hydrogen) atoms. The zero-order valence-electron chi connectivity index (χ0n) is 18.3. The van der Waals surface area contributed by atoms with E-state index in [1.807, 2.05) is 48.5 Å². The fourth-order valence-corrected chi connectivity index (χ4v) is 5.58. The van der Waals surface area contributed by atoms with E-state index in [2.05, 4.69) is 30.8 Å². The van der Waals surface area contributed by atoms with Gasteiger partial charge in [-0.15, -0.1) is 0 Å². The van der Waals surface area contributed by atoms with Crippen molar-refractivity contribution in [3.8, 4) is 0 Å². The number of esters is 1. The van der Waals surface area contributed by atoms with Gasteiger partial charge in [-0.05, 0) is 79.2 Å². The Morgan fingerprint density at radius 2 is 1.27 bits per heavy atom. The monoisotopic (exact) mass is 455 g/mol. The number of carbonyl (C=O) groups excluding carboxylic acids is 1. The normalized spacial score (nSPS) is 12.7. The first-order chi connectivity index (χ1) is 16.0. The molecule has 0 fully saturated rings. The Bertz CT molecular complexity index is 1180. The lowest BCUT2D eigenvalue weighted by molar-refractivity contribution is 0.00931. The number of hydrogen-bond acceptors (Lipinski definition) is 2. The van der Waals surface area contributed by atoms with Crippen molar-refractivity contribution in [2.24, 2.45) is 0 Å². The Hall–Kier alpha value is -3.63. The van der Waals surface area contributed by atoms with Crippen molar-refractivity contribution >= 4 is 16.9 Å². The zero-order valence-corrected chi connectivity index (χ0v) is 19.1. The minimum atomic E-state index is -1.07. The van der Waals surface area contributed by atoms with Gasteiger partial charge in [0.25, 0.3) is 0 Å². The highest BCUT2D eigenvalue weighted by atomic mass is 32.2. The molecule has 4 heteroatoms. The van der Waals surface area contributed by atoms with E-state index in [4.69, 9.17) is 4.74 Å². The third-order valence-corrected chi connectivity index (χ3v) is 7.63. The molecule has 0 aliphatic carbocycles. The maximum absolute atomic E-state index is 13.3. The number of benzene rings is 4. The molecule has 0 spiro atoms. The molecule has 1 atom stereocenters. The van der Waals surface area contributed by atoms with Gasteiger partial charge in [0, 0.05) is 0 Å². The largest absolute Gasteiger partial charge is 0.447 e. The summed E-state index contributed by atoms with van der Waals surface area (Å²) in [6.07, 6.45) is 1.55. The molecule has 0 heterocycles. The molecule has 0 aliphatic heterocycles. The van der Waals surface area contributed by atoms with E-state index in [-0.39, 0.29) is 16.7 Å². The van der Waals surface area contributed by atoms with E-state index in [1.54, 1.807) is 37.3 Å². The molecule has 0 amide bonds. The Morgan fingerprint density at radius 3 is 1.76 bits per heavy atom. The highest BCUT2D eigenvalue weighted by Gasteiger charge is 2.30. The van der Waals surface area contributed by atoms with E-state index in [0.29, 0.717) is 11.1 Å². The van der Waals surface area contributed by atoms with Crippen LogP contribution >= 0.6 is 0 Å². The van der Waals surface area contributed by atoms with Crippen LogP contribution in [0.15, 0.2) is 137 Å². The molecule has 4 aromatic rings. The number of carbonyl (C=O) groups is 1. The van der Waals surface area contributed by atoms with E-state index in [0.717, 1.165) is 4.90 Å². The molecule has 164 valence electrons. The minimum Gasteiger partial charge on any atom is -0.447 e. The Labute approximate surface area is 196 Å². The number of hydrogen-bond donors (Lipinski definition) is 0. The summed E-state index contributed by atoms with van der Waals surface area (Å²) in [6, 6.07) is 34.1. The molecule has 0 bridgehead atoms. The van der Waals surface area contributed by atoms with Crippen LogP contribution in [0.1, 0.15) is 22.8 Å². The molecule has 0 aromatic heterocycles. The average Bonchev–Trinajstić information content (AvgIpc) is 2.86. The molecule has 4 rings (SSSR count). The number of rotatable bonds is 7. The van der Waals surface area contributed by atoms with Crippen molar-refractivity contribution in [3.63, 3.8) is 0 Å². The molecule has 4 aromatic carbocycles. The lowest BCUT2D eigenvalue weighted by Gasteiger charge is -2.26. The topological polar surface area (TPSA) is 26.3 Å². The van der Waals surface area contributed by atoms with Crippen molar-refractivity contribution in [2.45, 2.75) is 27.2 Å². The highest BCUT2D eigenvalue weighted by molar-refractivity contribution is 7.97. The maximum atomic E-state index is 13.3. The van der Waals surface area contributed by atoms with Crippen LogP contribution in [-0.2, 0) is 21.2 Å². The van der Waals surface area contributed by atoms with Gasteiger partial charge in [0.2, 0.25) is 0 Å². The number of ether oxygens (including phenoxy) is 1. The second kappa shape index (κ2) is 9.88. The molecular formula is C29H24FO2S+. The quantitative estimate of drug-likeness (QED) is 0.168. The first-order valence-electron chi connectivity index (χ1n) is 10.6. The summed E-state index contributed by atoms with van der Waals surface area (Å²) < 4.78 is 19.1. The minimum absolute atomic E-state index is 0.293. The van der Waals surface area contributed by atoms with Crippen LogP contribution in [0.2, 0.25) is 0 Å². The SMILES string of the molecule is C=CC(C)(OC(=O)c1ccc([S+](c2ccccc2)c2ccccc2)cc1)c1ccc(F)cc1. The van der Waals surface area contributed by atoms with E-state index >= 15 is 0 Å². The first kappa shape index (κ1) is 22.6. The second-order valence-electron chi connectivity index (χ2n) is 7.66. The smallest absolute Gasteiger partial charge is 0.339 e. The van der Waals surface area contributed by atoms with Crippen LogP contribution in [0.4, 0.5) is 4.39 Å². The van der Waals surface area contributed by atoms with Gasteiger partial charge < -0.3 is 4.74 Å². The van der Waals surface area contributed by atoms with Gasteiger partial charge in [0.1, 0.15) is 5.82 Å². The highest BCUT2D eigenvalue weighted by Crippen LogP contribution is 2.32. The van der Waals surface area contributed by atoms with Gasteiger partial charge in [0.15, 0.2) is 20.3 Å². The van der Waals surface area contributed by atoms with Crippen LogP contribution in [-0.4, -0.2) is 5.97 Å². The van der Waals surface area contributed by atoms with Crippen LogP contribution in [0.3, 0.4) is 0 Å². The second-order valence-corrected chi connectivity index (χ2v) is 9.69. The summed E-state index contributed by atoms with van der Waals surface area (Å²) in [5, 5.41) is 0. The Kier molecular flexibility index (Phi) is 6.76. The molecule has 0 radical (unpaired) electrons. The van der Waals surface area contributed by atoms with E-state index in [1.165, 1.54) is 21.9 Å². The Morgan fingerprint density at radius 1 is 0.788 bits per heavy atom. The first-order valence-corrected chi connectivity index (χ1v) is 11.8. The third-order valence-electron chi connectivity index (χ3n) is 5.40. The summed E-state index contributed by atoms with van der Waals surface area (Å²) in [5.41, 5.74) is 0.0270. The molecule has 2 nitrogen and oxygen atoms in total. The molecule has 0 saturated carbocycles. The van der Waals surface area contributed by atoms with Crippen molar-refractivity contribution in [1.82, 2.24) is 0 Å². The number of halogens is 1. The molecule has 1 unspecified atom stereocenters. The van der Waals surface area contributed by atoms with E-state index < -0.39 is 11.6 Å². The predicted octanol–water partition coefficient (Wildman–Crippen LogP) is 7.18. The van der Waals surface area contributed by atoms with Crippen molar-refractivity contribution in [3.05, 3.63) is 139 Å². The van der Waals surface area contributed by atoms with Crippen molar-refractivity contribution in [1.29, 1.82) is 0 Å². The molecule has 0 saturated heterocycles. The van der Waals surface area contributed by atoms with Crippen LogP contribution in [0.5, 0.6) is 0 Å². The fraction of sp³-hybridized carbons (Fsp3) is 0.0690. The summed E-state index contributed by atoms with van der Waals surface area (Å²) >= 11 is 0. The summed E-state index contributed by atoms with van der Waals surface area (Å²) in [5.74, 6) is -0.813. The molecule has 0 N–H and O–H groups in total. The standard InChI is InChI=1S/C29H24FO2S/c1-3-29(2,23-16-18-24(30)19-17-23)32-28(31)22-14-20-27(21-15-22)33(25-10-6-4-7-11-25)26-12-8-5-9-13-26/h3-21H,1H2,2H3/q+1. The van der Waals surface area contributed by atoms with Gasteiger partial charge in [-0.25, -0.2) is 9.18 Å². The van der Waals surface area contributed by atoms with Crippen molar-refractivity contribution < 1.29 is 13.9 Å². The summed E-state index contributed by atoms with van der Waals surface area (Å²) in [4.78, 5) is 16.5. The maximum Gasteiger partial charge on any atom is 0.339 e. The predicted molar refractivity (Wildman–Crippen MR) is 131 cm³/mol. The van der Waals surface area contributed by atoms with Crippen LogP contribution in [0.25, 0.3) is 0 Å². The Balaban J connectivity index is 1.60. The van der Waals surface area contributed by atoms with E-state index in [9.17, 15) is 9.18 Å². The zero-order chi connectivity index (χ0) is 23.3. The molecular weight excluding hydrogens is 431 g/mol. The lowest BCUT2D eigenvalue weighted by atomic mass is 9.95. The molecule has 0 aliphatic rings. The lowest BCUT2D eigenvalue weighted by Crippen LogP contribution is -2.27. The summed E-state index contributed by atoms with van der Waals surface area (Å²) in [7, 11) is -0.293. The average molecular weight is 456 g/mol. The fourth-order valence-electron chi connectivity index (χ4n) is 3.50. The van der Waals surface area contributed by atoms with Gasteiger partial charge >= 0.3 is 5.97 Å². The van der Waals surface area contributed by atoms with Crippen LogP contribution < -0.4 is 0 Å². The third kappa shape index (κ3) is 5.07. The van der Waals surface area contributed by atoms with Gasteiger partial charge in [-0.2, -0.15) is 0 Å². The van der Waals surface area contributed by atoms with Crippen LogP contribution in [0, 0.1) is 5.82 Å². The summed E-state index contributed by atoms with van der Waals surface area (Å²) in [6.45, 7) is 5.55. The van der Waals surface area contributed by atoms with Crippen molar-refractivity contribution in [2.75, 3.05) is 0 Å².